The second-order valence-electron chi connectivity index (χ2n) is 7.26. The first-order chi connectivity index (χ1) is 17.8. The Kier molecular flexibility index (Phi) is 10.1. The minimum absolute atomic E-state index is 0.246. The summed E-state index contributed by atoms with van der Waals surface area (Å²) in [6, 6.07) is 16.6. The zero-order valence-electron chi connectivity index (χ0n) is 19.7. The van der Waals surface area contributed by atoms with Crippen molar-refractivity contribution in [3.63, 3.8) is 0 Å². The fraction of sp³-hybridized carbons (Fsp3) is 0.120. The van der Waals surface area contributed by atoms with E-state index in [9.17, 15) is 14.4 Å². The number of carbonyl (C=O) groups is 3. The molecule has 0 spiro atoms. The zero-order chi connectivity index (χ0) is 26.8. The first kappa shape index (κ1) is 27.7. The predicted octanol–water partition coefficient (Wildman–Crippen LogP) is 4.07. The number of anilines is 2. The maximum absolute atomic E-state index is 12.3. The zero-order valence-corrected chi connectivity index (χ0v) is 22.6. The van der Waals surface area contributed by atoms with Gasteiger partial charge in [-0.15, -0.1) is 0 Å². The number of carbonyl (C=O) groups excluding carboxylic acids is 3. The Morgan fingerprint density at radius 2 is 1.70 bits per heavy atom. The van der Waals surface area contributed by atoms with Crippen molar-refractivity contribution in [2.75, 3.05) is 31.5 Å². The van der Waals surface area contributed by atoms with Gasteiger partial charge in [0, 0.05) is 16.4 Å². The molecule has 3 N–H and O–H groups in total. The molecule has 3 rings (SSSR count). The molecule has 0 aliphatic heterocycles. The van der Waals surface area contributed by atoms with Crippen LogP contribution in [-0.4, -0.2) is 44.8 Å². The lowest BCUT2D eigenvalue weighted by Crippen LogP contribution is -2.32. The Balaban J connectivity index is 1.57. The number of nitrogens with zero attached hydrogens (tertiary/aromatic N) is 1. The largest absolute Gasteiger partial charge is 0.497 e. The molecule has 0 radical (unpaired) electrons. The molecule has 0 aromatic heterocycles. The number of rotatable bonds is 9. The Morgan fingerprint density at radius 3 is 2.38 bits per heavy atom. The molecule has 192 valence electrons. The minimum atomic E-state index is -0.958. The van der Waals surface area contributed by atoms with Gasteiger partial charge in [-0.2, -0.15) is 5.10 Å². The molecule has 0 saturated heterocycles. The van der Waals surface area contributed by atoms with E-state index in [0.29, 0.717) is 42.8 Å². The molecule has 0 atom stereocenters. The standard InChI is InChI=1S/C25H22ClIN4O6/c1-35-19-8-6-17(7-9-19)29-22(32)14-37-23-20(27)10-15(11-21(23)36-2)13-28-31-25(34)24(33)30-18-5-3-4-16(26)12-18/h3-13H,14H2,1-2H3,(H,29,32)(H,30,33)(H,31,34)/b28-13-. The van der Waals surface area contributed by atoms with Crippen molar-refractivity contribution in [3.8, 4) is 17.2 Å². The number of hydrogen-bond donors (Lipinski definition) is 3. The van der Waals surface area contributed by atoms with Crippen molar-refractivity contribution >= 4 is 69.5 Å². The van der Waals surface area contributed by atoms with E-state index >= 15 is 0 Å². The monoisotopic (exact) mass is 636 g/mol. The van der Waals surface area contributed by atoms with Crippen LogP contribution in [0.1, 0.15) is 5.56 Å². The van der Waals surface area contributed by atoms with Gasteiger partial charge < -0.3 is 24.8 Å². The molecular formula is C25H22ClIN4O6. The summed E-state index contributed by atoms with van der Waals surface area (Å²) in [5.41, 5.74) is 3.70. The maximum Gasteiger partial charge on any atom is 0.329 e. The van der Waals surface area contributed by atoms with Gasteiger partial charge >= 0.3 is 11.8 Å². The Bertz CT molecular complexity index is 1320. The topological polar surface area (TPSA) is 127 Å². The maximum atomic E-state index is 12.3. The highest BCUT2D eigenvalue weighted by Gasteiger charge is 2.15. The van der Waals surface area contributed by atoms with Crippen LogP contribution in [0.5, 0.6) is 17.2 Å². The number of halogens is 2. The summed E-state index contributed by atoms with van der Waals surface area (Å²) in [5, 5.41) is 9.40. The predicted molar refractivity (Wildman–Crippen MR) is 149 cm³/mol. The highest BCUT2D eigenvalue weighted by atomic mass is 127. The van der Waals surface area contributed by atoms with Crippen LogP contribution in [0.15, 0.2) is 65.8 Å². The van der Waals surface area contributed by atoms with Crippen LogP contribution >= 0.6 is 34.2 Å². The van der Waals surface area contributed by atoms with Gasteiger partial charge in [0.05, 0.1) is 24.0 Å². The van der Waals surface area contributed by atoms with Crippen LogP contribution in [0.2, 0.25) is 5.02 Å². The molecule has 37 heavy (non-hydrogen) atoms. The van der Waals surface area contributed by atoms with Gasteiger partial charge in [0.15, 0.2) is 18.1 Å². The number of amides is 3. The SMILES string of the molecule is COc1ccc(NC(=O)COc2c(I)cc(/C=N\NC(=O)C(=O)Nc3cccc(Cl)c3)cc2OC)cc1. The summed E-state index contributed by atoms with van der Waals surface area (Å²) in [6.07, 6.45) is 1.34. The van der Waals surface area contributed by atoms with Crippen molar-refractivity contribution in [2.45, 2.75) is 0 Å². The van der Waals surface area contributed by atoms with E-state index < -0.39 is 11.8 Å². The minimum Gasteiger partial charge on any atom is -0.497 e. The van der Waals surface area contributed by atoms with E-state index in [-0.39, 0.29) is 12.5 Å². The highest BCUT2D eigenvalue weighted by molar-refractivity contribution is 14.1. The van der Waals surface area contributed by atoms with Crippen LogP contribution in [0, 0.1) is 3.57 Å². The van der Waals surface area contributed by atoms with Gasteiger partial charge in [-0.05, 0) is 82.8 Å². The molecule has 3 aromatic carbocycles. The molecule has 12 heteroatoms. The van der Waals surface area contributed by atoms with Crippen molar-refractivity contribution in [3.05, 3.63) is 74.8 Å². The third kappa shape index (κ3) is 8.36. The number of methoxy groups -OCH3 is 2. The molecule has 0 aliphatic rings. The molecule has 0 unspecified atom stereocenters. The summed E-state index contributed by atoms with van der Waals surface area (Å²) in [7, 11) is 3.02. The second-order valence-corrected chi connectivity index (χ2v) is 8.86. The fourth-order valence-corrected chi connectivity index (χ4v) is 3.91. The molecule has 10 nitrogen and oxygen atoms in total. The number of hydrogen-bond acceptors (Lipinski definition) is 7. The van der Waals surface area contributed by atoms with Crippen molar-refractivity contribution in [1.29, 1.82) is 0 Å². The van der Waals surface area contributed by atoms with Gasteiger partial charge in [-0.1, -0.05) is 17.7 Å². The first-order valence-electron chi connectivity index (χ1n) is 10.6. The summed E-state index contributed by atoms with van der Waals surface area (Å²) in [5.74, 6) is -0.806. The van der Waals surface area contributed by atoms with Crippen LogP contribution in [0.3, 0.4) is 0 Å². The molecule has 0 bridgehead atoms. The fourth-order valence-electron chi connectivity index (χ4n) is 2.93. The van der Waals surface area contributed by atoms with Crippen LogP contribution in [0.25, 0.3) is 0 Å². The lowest BCUT2D eigenvalue weighted by atomic mass is 10.2. The van der Waals surface area contributed by atoms with Gasteiger partial charge in [0.2, 0.25) is 0 Å². The summed E-state index contributed by atoms with van der Waals surface area (Å²) >= 11 is 7.90. The number of hydrazone groups is 1. The Labute approximate surface area is 231 Å². The molecule has 0 heterocycles. The Hall–Kier alpha value is -3.84. The second kappa shape index (κ2) is 13.5. The normalized spacial score (nSPS) is 10.5. The molecule has 3 aromatic rings. The van der Waals surface area contributed by atoms with E-state index in [1.807, 2.05) is 22.6 Å². The van der Waals surface area contributed by atoms with Crippen LogP contribution in [-0.2, 0) is 14.4 Å². The number of ether oxygens (including phenoxy) is 3. The van der Waals surface area contributed by atoms with E-state index in [0.717, 1.165) is 0 Å². The lowest BCUT2D eigenvalue weighted by Gasteiger charge is -2.13. The third-order valence-electron chi connectivity index (χ3n) is 4.64. The summed E-state index contributed by atoms with van der Waals surface area (Å²) < 4.78 is 16.8. The average molecular weight is 637 g/mol. The van der Waals surface area contributed by atoms with Crippen molar-refractivity contribution in [2.24, 2.45) is 5.10 Å². The highest BCUT2D eigenvalue weighted by Crippen LogP contribution is 2.33. The average Bonchev–Trinajstić information content (AvgIpc) is 2.88. The summed E-state index contributed by atoms with van der Waals surface area (Å²) in [6.45, 7) is -0.246. The van der Waals surface area contributed by atoms with Crippen LogP contribution < -0.4 is 30.3 Å². The van der Waals surface area contributed by atoms with Crippen LogP contribution in [0.4, 0.5) is 11.4 Å². The lowest BCUT2D eigenvalue weighted by molar-refractivity contribution is -0.136. The molecular weight excluding hydrogens is 615 g/mol. The van der Waals surface area contributed by atoms with E-state index in [1.165, 1.54) is 19.4 Å². The molecule has 3 amide bonds. The quantitative estimate of drug-likeness (QED) is 0.141. The van der Waals surface area contributed by atoms with Crippen molar-refractivity contribution < 1.29 is 28.6 Å². The number of benzene rings is 3. The van der Waals surface area contributed by atoms with Gasteiger partial charge in [0.1, 0.15) is 5.75 Å². The van der Waals surface area contributed by atoms with Gasteiger partial charge in [-0.25, -0.2) is 5.43 Å². The first-order valence-corrected chi connectivity index (χ1v) is 12.1. The smallest absolute Gasteiger partial charge is 0.329 e. The van der Waals surface area contributed by atoms with E-state index in [4.69, 9.17) is 25.8 Å². The molecule has 0 saturated carbocycles. The number of nitrogens with one attached hydrogen (secondary N) is 3. The van der Waals surface area contributed by atoms with Gasteiger partial charge in [-0.3, -0.25) is 14.4 Å². The third-order valence-corrected chi connectivity index (χ3v) is 5.68. The van der Waals surface area contributed by atoms with E-state index in [2.05, 4.69) is 21.2 Å². The van der Waals surface area contributed by atoms with Gasteiger partial charge in [0.25, 0.3) is 5.91 Å². The molecule has 0 fully saturated rings. The van der Waals surface area contributed by atoms with E-state index in [1.54, 1.807) is 61.7 Å². The summed E-state index contributed by atoms with van der Waals surface area (Å²) in [4.78, 5) is 36.3. The molecule has 0 aliphatic carbocycles. The Morgan fingerprint density at radius 1 is 0.946 bits per heavy atom. The van der Waals surface area contributed by atoms with Crippen molar-refractivity contribution in [1.82, 2.24) is 5.43 Å².